The molecule has 0 saturated heterocycles. The Bertz CT molecular complexity index is 1190. The summed E-state index contributed by atoms with van der Waals surface area (Å²) in [5.74, 6) is -2.37. The Hall–Kier alpha value is -2.59. The highest BCUT2D eigenvalue weighted by Gasteiger charge is 2.44. The summed E-state index contributed by atoms with van der Waals surface area (Å²) < 4.78 is 40.4. The van der Waals surface area contributed by atoms with Gasteiger partial charge in [-0.05, 0) is 42.4 Å². The van der Waals surface area contributed by atoms with Crippen LogP contribution in [-0.4, -0.2) is 63.6 Å². The number of rotatable bonds is 15. The van der Waals surface area contributed by atoms with Crippen LogP contribution in [0.25, 0.3) is 0 Å². The second-order valence-corrected chi connectivity index (χ2v) is 23.8. The van der Waals surface area contributed by atoms with Crippen molar-refractivity contribution in [2.75, 3.05) is 25.6 Å². The molecule has 15 heteroatoms. The van der Waals surface area contributed by atoms with Crippen LogP contribution < -0.4 is 14.6 Å². The first-order chi connectivity index (χ1) is 18.5. The van der Waals surface area contributed by atoms with E-state index in [-0.39, 0.29) is 41.7 Å². The average molecular weight is 615 g/mol. The van der Waals surface area contributed by atoms with Gasteiger partial charge in [0.2, 0.25) is 0 Å². The number of benzene rings is 1. The number of pyridine rings is 1. The van der Waals surface area contributed by atoms with Crippen LogP contribution in [0.5, 0.6) is 11.5 Å². The molecule has 40 heavy (non-hydrogen) atoms. The molecular formula is C25H39N2O10PSi2. The van der Waals surface area contributed by atoms with Gasteiger partial charge in [0.05, 0.1) is 26.0 Å². The standard InChI is InChI=1S/C25H39N2O10PSi2/c1-33-19-10-11-23(37-38(30,31)32)20(17-19)25(34-13-15-39(2,3)4,35-14-16-40(5,6)7)36-24(29)27-21-9-8-12-26-22(21)18-28/h8-12,17-18H,13-16H2,1-7H3,(H,27,29)(H2,30,31,32). The number of aldehydes is 1. The predicted molar refractivity (Wildman–Crippen MR) is 155 cm³/mol. The minimum atomic E-state index is -5.05. The normalized spacial score (nSPS) is 12.5. The van der Waals surface area contributed by atoms with E-state index in [0.717, 1.165) is 0 Å². The highest BCUT2D eigenvalue weighted by molar-refractivity contribution is 7.46. The molecule has 0 bridgehead atoms. The van der Waals surface area contributed by atoms with E-state index in [1.54, 1.807) is 0 Å². The fraction of sp³-hybridized carbons (Fsp3) is 0.480. The molecular weight excluding hydrogens is 575 g/mol. The summed E-state index contributed by atoms with van der Waals surface area (Å²) in [5.41, 5.74) is -0.0764. The zero-order valence-corrected chi connectivity index (χ0v) is 26.8. The van der Waals surface area contributed by atoms with E-state index in [2.05, 4.69) is 49.6 Å². The van der Waals surface area contributed by atoms with E-state index in [4.69, 9.17) is 23.5 Å². The van der Waals surface area contributed by atoms with Gasteiger partial charge in [-0.15, -0.1) is 0 Å². The number of nitrogens with zero attached hydrogens (tertiary/aromatic N) is 1. The summed E-state index contributed by atoms with van der Waals surface area (Å²) in [6, 6.07) is 8.34. The van der Waals surface area contributed by atoms with Crippen LogP contribution in [0.15, 0.2) is 36.5 Å². The van der Waals surface area contributed by atoms with Crippen LogP contribution in [0.1, 0.15) is 16.1 Å². The lowest BCUT2D eigenvalue weighted by Crippen LogP contribution is -2.42. The van der Waals surface area contributed by atoms with E-state index in [9.17, 15) is 23.9 Å². The molecule has 1 amide bonds. The van der Waals surface area contributed by atoms with Crippen molar-refractivity contribution < 1.29 is 47.4 Å². The lowest BCUT2D eigenvalue weighted by atomic mass is 10.1. The molecule has 0 aliphatic heterocycles. The maximum absolute atomic E-state index is 13.3. The summed E-state index contributed by atoms with van der Waals surface area (Å²) in [6.07, 6.45) is 0.805. The summed E-state index contributed by atoms with van der Waals surface area (Å²) >= 11 is 0. The zero-order chi connectivity index (χ0) is 30.2. The molecule has 0 atom stereocenters. The average Bonchev–Trinajstić information content (AvgIpc) is 2.81. The molecule has 0 radical (unpaired) electrons. The zero-order valence-electron chi connectivity index (χ0n) is 23.9. The van der Waals surface area contributed by atoms with Crippen molar-refractivity contribution in [2.24, 2.45) is 0 Å². The van der Waals surface area contributed by atoms with Gasteiger partial charge in [0.25, 0.3) is 0 Å². The number of ether oxygens (including phenoxy) is 4. The fourth-order valence-corrected chi connectivity index (χ4v) is 5.10. The molecule has 2 aromatic rings. The second-order valence-electron chi connectivity index (χ2n) is 11.4. The third-order valence-corrected chi connectivity index (χ3v) is 9.28. The molecule has 2 rings (SSSR count). The quantitative estimate of drug-likeness (QED) is 0.101. The predicted octanol–water partition coefficient (Wildman–Crippen LogP) is 5.44. The second kappa shape index (κ2) is 13.9. The van der Waals surface area contributed by atoms with Crippen LogP contribution >= 0.6 is 7.82 Å². The number of phosphoric acid groups is 1. The third-order valence-electron chi connectivity index (χ3n) is 5.44. The lowest BCUT2D eigenvalue weighted by molar-refractivity contribution is -0.364. The molecule has 222 valence electrons. The summed E-state index contributed by atoms with van der Waals surface area (Å²) in [4.78, 5) is 47.9. The largest absolute Gasteiger partial charge is 0.524 e. The minimum absolute atomic E-state index is 0.0312. The molecule has 1 heterocycles. The lowest BCUT2D eigenvalue weighted by Gasteiger charge is -2.35. The first-order valence-corrected chi connectivity index (χ1v) is 21.5. The van der Waals surface area contributed by atoms with E-state index in [1.165, 1.54) is 43.6 Å². The molecule has 3 N–H and O–H groups in total. The first-order valence-electron chi connectivity index (χ1n) is 12.6. The Morgan fingerprint density at radius 1 is 1.05 bits per heavy atom. The molecule has 1 aromatic heterocycles. The first kappa shape index (κ1) is 33.6. The van der Waals surface area contributed by atoms with Crippen molar-refractivity contribution in [2.45, 2.75) is 57.3 Å². The van der Waals surface area contributed by atoms with Crippen LogP contribution in [0.2, 0.25) is 51.4 Å². The van der Waals surface area contributed by atoms with Crippen molar-refractivity contribution in [3.8, 4) is 11.5 Å². The summed E-state index contributed by atoms with van der Waals surface area (Å²) in [5, 5.41) is 2.47. The monoisotopic (exact) mass is 614 g/mol. The number of methoxy groups -OCH3 is 1. The maximum atomic E-state index is 13.3. The van der Waals surface area contributed by atoms with Gasteiger partial charge in [-0.1, -0.05) is 39.3 Å². The van der Waals surface area contributed by atoms with Crippen LogP contribution in [0, 0.1) is 0 Å². The van der Waals surface area contributed by atoms with Gasteiger partial charge in [-0.2, -0.15) is 0 Å². The number of anilines is 1. The smallest absolute Gasteiger partial charge is 0.497 e. The number of aromatic nitrogens is 1. The van der Waals surface area contributed by atoms with E-state index in [0.29, 0.717) is 18.4 Å². The van der Waals surface area contributed by atoms with E-state index in [1.807, 2.05) is 0 Å². The van der Waals surface area contributed by atoms with Crippen molar-refractivity contribution in [3.63, 3.8) is 0 Å². The molecule has 12 nitrogen and oxygen atoms in total. The number of carbonyl (C=O) groups excluding carboxylic acids is 2. The molecule has 0 saturated carbocycles. The third kappa shape index (κ3) is 11.1. The van der Waals surface area contributed by atoms with Gasteiger partial charge >= 0.3 is 19.9 Å². The molecule has 0 spiro atoms. The molecule has 0 aliphatic carbocycles. The highest BCUT2D eigenvalue weighted by Crippen LogP contribution is 2.45. The Morgan fingerprint density at radius 2 is 1.65 bits per heavy atom. The summed E-state index contributed by atoms with van der Waals surface area (Å²) in [7, 11) is -6.97. The van der Waals surface area contributed by atoms with Gasteiger partial charge < -0.3 is 23.5 Å². The number of carbonyl (C=O) groups is 2. The van der Waals surface area contributed by atoms with Gasteiger partial charge in [-0.3, -0.25) is 24.9 Å². The Labute approximate surface area is 236 Å². The van der Waals surface area contributed by atoms with Gasteiger partial charge in [0.1, 0.15) is 22.8 Å². The molecule has 0 unspecified atom stereocenters. The molecule has 0 aliphatic rings. The van der Waals surface area contributed by atoms with Crippen molar-refractivity contribution in [1.29, 1.82) is 0 Å². The van der Waals surface area contributed by atoms with E-state index >= 15 is 0 Å². The van der Waals surface area contributed by atoms with E-state index < -0.39 is 36.0 Å². The molecule has 0 fully saturated rings. The number of hydrogen-bond donors (Lipinski definition) is 3. The Morgan fingerprint density at radius 3 is 2.15 bits per heavy atom. The van der Waals surface area contributed by atoms with Crippen molar-refractivity contribution in [3.05, 3.63) is 47.8 Å². The van der Waals surface area contributed by atoms with Crippen LogP contribution in [0.4, 0.5) is 10.5 Å². The molecule has 1 aromatic carbocycles. The Kier molecular flexibility index (Phi) is 11.6. The number of phosphoric ester groups is 1. The maximum Gasteiger partial charge on any atom is 0.524 e. The van der Waals surface area contributed by atoms with Gasteiger partial charge in [0, 0.05) is 22.3 Å². The van der Waals surface area contributed by atoms with Crippen LogP contribution in [0.3, 0.4) is 0 Å². The van der Waals surface area contributed by atoms with Crippen LogP contribution in [-0.2, 0) is 24.7 Å². The fourth-order valence-electron chi connectivity index (χ4n) is 3.25. The number of hydrogen-bond acceptors (Lipinski definition) is 9. The number of nitrogens with one attached hydrogen (secondary N) is 1. The van der Waals surface area contributed by atoms with Crippen molar-refractivity contribution >= 4 is 42.0 Å². The Balaban J connectivity index is 2.67. The van der Waals surface area contributed by atoms with Crippen molar-refractivity contribution in [1.82, 2.24) is 4.98 Å². The van der Waals surface area contributed by atoms with Gasteiger partial charge in [0.15, 0.2) is 6.29 Å². The SMILES string of the molecule is COc1ccc(OP(=O)(O)O)c(C(OCC[Si](C)(C)C)(OCC[Si](C)(C)C)OC(=O)Nc2cccnc2C=O)c1. The minimum Gasteiger partial charge on any atom is -0.497 e. The topological polar surface area (TPSA) is 163 Å². The highest BCUT2D eigenvalue weighted by atomic mass is 31.2. The van der Waals surface area contributed by atoms with Gasteiger partial charge in [-0.25, -0.2) is 9.36 Å². The summed E-state index contributed by atoms with van der Waals surface area (Å²) in [6.45, 7) is 13.0. The number of amides is 1.